The SMILES string of the molecule is CC1=C2CCCC=C2N=C1. The van der Waals surface area contributed by atoms with Gasteiger partial charge in [-0.2, -0.15) is 0 Å². The van der Waals surface area contributed by atoms with Crippen LogP contribution < -0.4 is 0 Å². The summed E-state index contributed by atoms with van der Waals surface area (Å²) in [5.41, 5.74) is 4.08. The molecule has 0 aromatic carbocycles. The lowest BCUT2D eigenvalue weighted by atomic mass is 9.97. The highest BCUT2D eigenvalue weighted by Crippen LogP contribution is 2.30. The Kier molecular flexibility index (Phi) is 1.23. The van der Waals surface area contributed by atoms with E-state index in [2.05, 4.69) is 18.0 Å². The summed E-state index contributed by atoms with van der Waals surface area (Å²) >= 11 is 0. The molecule has 1 aliphatic carbocycles. The summed E-state index contributed by atoms with van der Waals surface area (Å²) in [7, 11) is 0. The highest BCUT2D eigenvalue weighted by Gasteiger charge is 2.14. The van der Waals surface area contributed by atoms with E-state index < -0.39 is 0 Å². The maximum Gasteiger partial charge on any atom is 0.0625 e. The lowest BCUT2D eigenvalue weighted by molar-refractivity contribution is 0.798. The zero-order valence-corrected chi connectivity index (χ0v) is 6.22. The van der Waals surface area contributed by atoms with Gasteiger partial charge in [-0.05, 0) is 37.3 Å². The van der Waals surface area contributed by atoms with E-state index in [4.69, 9.17) is 0 Å². The Morgan fingerprint density at radius 2 is 2.40 bits per heavy atom. The van der Waals surface area contributed by atoms with Gasteiger partial charge in [0.15, 0.2) is 0 Å². The first-order valence-electron chi connectivity index (χ1n) is 3.82. The number of rotatable bonds is 0. The third-order valence-electron chi connectivity index (χ3n) is 2.15. The maximum absolute atomic E-state index is 4.30. The molecule has 2 aliphatic rings. The minimum absolute atomic E-state index is 1.21. The van der Waals surface area contributed by atoms with Crippen molar-refractivity contribution in [3.63, 3.8) is 0 Å². The van der Waals surface area contributed by atoms with E-state index in [9.17, 15) is 0 Å². The van der Waals surface area contributed by atoms with E-state index in [1.165, 1.54) is 36.1 Å². The Morgan fingerprint density at radius 1 is 1.50 bits per heavy atom. The normalized spacial score (nSPS) is 23.1. The van der Waals surface area contributed by atoms with Crippen molar-refractivity contribution in [2.45, 2.75) is 26.2 Å². The fourth-order valence-electron chi connectivity index (χ4n) is 1.54. The van der Waals surface area contributed by atoms with Crippen molar-refractivity contribution in [3.8, 4) is 0 Å². The minimum Gasteiger partial charge on any atom is -0.257 e. The Morgan fingerprint density at radius 3 is 3.20 bits per heavy atom. The fraction of sp³-hybridized carbons (Fsp3) is 0.444. The topological polar surface area (TPSA) is 12.4 Å². The van der Waals surface area contributed by atoms with Crippen molar-refractivity contribution in [1.82, 2.24) is 0 Å². The average molecular weight is 133 g/mol. The van der Waals surface area contributed by atoms with Gasteiger partial charge in [0.05, 0.1) is 5.70 Å². The summed E-state index contributed by atoms with van der Waals surface area (Å²) in [5, 5.41) is 0. The van der Waals surface area contributed by atoms with Crippen LogP contribution in [0.5, 0.6) is 0 Å². The molecule has 0 aromatic heterocycles. The van der Waals surface area contributed by atoms with Crippen LogP contribution in [0.1, 0.15) is 26.2 Å². The first kappa shape index (κ1) is 5.90. The molecule has 10 heavy (non-hydrogen) atoms. The second kappa shape index (κ2) is 2.08. The van der Waals surface area contributed by atoms with Crippen LogP contribution in [-0.4, -0.2) is 6.21 Å². The van der Waals surface area contributed by atoms with Crippen molar-refractivity contribution < 1.29 is 0 Å². The monoisotopic (exact) mass is 133 g/mol. The fourth-order valence-corrected chi connectivity index (χ4v) is 1.54. The summed E-state index contributed by atoms with van der Waals surface area (Å²) in [6, 6.07) is 0. The molecule has 1 aliphatic heterocycles. The van der Waals surface area contributed by atoms with Crippen molar-refractivity contribution in [2.75, 3.05) is 0 Å². The quantitative estimate of drug-likeness (QED) is 0.481. The maximum atomic E-state index is 4.30. The third-order valence-corrected chi connectivity index (χ3v) is 2.15. The molecule has 0 spiro atoms. The number of aliphatic imine (C=N–C) groups is 1. The lowest BCUT2D eigenvalue weighted by Crippen LogP contribution is -1.92. The molecule has 0 bridgehead atoms. The second-order valence-electron chi connectivity index (χ2n) is 2.90. The number of fused-ring (bicyclic) bond motifs is 1. The summed E-state index contributed by atoms with van der Waals surface area (Å²) in [4.78, 5) is 4.30. The molecular weight excluding hydrogens is 122 g/mol. The standard InChI is InChI=1S/C9H11N/c1-7-6-10-9-5-3-2-4-8(7)9/h5-6H,2-4H2,1H3. The van der Waals surface area contributed by atoms with Crippen LogP contribution in [0.2, 0.25) is 0 Å². The highest BCUT2D eigenvalue weighted by atomic mass is 14.8. The molecule has 0 unspecified atom stereocenters. The summed E-state index contributed by atoms with van der Waals surface area (Å²) in [5.74, 6) is 0. The summed E-state index contributed by atoms with van der Waals surface area (Å²) in [6.45, 7) is 2.14. The molecule has 0 saturated carbocycles. The number of allylic oxidation sites excluding steroid dienone is 3. The van der Waals surface area contributed by atoms with Crippen molar-refractivity contribution in [2.24, 2.45) is 4.99 Å². The molecule has 0 amide bonds. The van der Waals surface area contributed by atoms with Gasteiger partial charge in [-0.25, -0.2) is 0 Å². The van der Waals surface area contributed by atoms with E-state index in [-0.39, 0.29) is 0 Å². The molecule has 0 saturated heterocycles. The lowest BCUT2D eigenvalue weighted by Gasteiger charge is -2.09. The van der Waals surface area contributed by atoms with Gasteiger partial charge in [0.2, 0.25) is 0 Å². The van der Waals surface area contributed by atoms with E-state index in [0.717, 1.165) is 0 Å². The molecular formula is C9H11N. The van der Waals surface area contributed by atoms with Gasteiger partial charge < -0.3 is 0 Å². The van der Waals surface area contributed by atoms with Gasteiger partial charge in [-0.15, -0.1) is 0 Å². The van der Waals surface area contributed by atoms with Gasteiger partial charge in [0, 0.05) is 6.21 Å². The third kappa shape index (κ3) is 0.737. The molecule has 52 valence electrons. The molecule has 0 N–H and O–H groups in total. The first-order valence-corrected chi connectivity index (χ1v) is 3.82. The van der Waals surface area contributed by atoms with E-state index in [0.29, 0.717) is 0 Å². The van der Waals surface area contributed by atoms with Crippen molar-refractivity contribution >= 4 is 6.21 Å². The molecule has 0 atom stereocenters. The number of hydrogen-bond donors (Lipinski definition) is 0. The van der Waals surface area contributed by atoms with Crippen LogP contribution in [0, 0.1) is 0 Å². The Hall–Kier alpha value is -0.850. The van der Waals surface area contributed by atoms with Crippen LogP contribution in [0.25, 0.3) is 0 Å². The average Bonchev–Trinajstić information content (AvgIpc) is 2.34. The molecule has 1 nitrogen and oxygen atoms in total. The predicted octanol–water partition coefficient (Wildman–Crippen LogP) is 2.46. The molecule has 1 heteroatoms. The van der Waals surface area contributed by atoms with Gasteiger partial charge >= 0.3 is 0 Å². The highest BCUT2D eigenvalue weighted by molar-refractivity contribution is 5.85. The Labute approximate surface area is 61.2 Å². The van der Waals surface area contributed by atoms with Crippen LogP contribution in [0.15, 0.2) is 27.9 Å². The second-order valence-corrected chi connectivity index (χ2v) is 2.90. The number of hydrogen-bond acceptors (Lipinski definition) is 1. The van der Waals surface area contributed by atoms with Crippen molar-refractivity contribution in [3.05, 3.63) is 22.9 Å². The smallest absolute Gasteiger partial charge is 0.0625 e. The molecule has 1 heterocycles. The van der Waals surface area contributed by atoms with Crippen molar-refractivity contribution in [1.29, 1.82) is 0 Å². The Balaban J connectivity index is 2.44. The van der Waals surface area contributed by atoms with E-state index in [1.54, 1.807) is 0 Å². The van der Waals surface area contributed by atoms with E-state index >= 15 is 0 Å². The summed E-state index contributed by atoms with van der Waals surface area (Å²) < 4.78 is 0. The molecule has 2 rings (SSSR count). The molecule has 0 fully saturated rings. The number of nitrogens with zero attached hydrogens (tertiary/aromatic N) is 1. The van der Waals surface area contributed by atoms with Gasteiger partial charge in [0.1, 0.15) is 0 Å². The Bertz CT molecular complexity index is 243. The van der Waals surface area contributed by atoms with Gasteiger partial charge in [0.25, 0.3) is 0 Å². The molecule has 0 radical (unpaired) electrons. The van der Waals surface area contributed by atoms with Gasteiger partial charge in [-0.1, -0.05) is 6.08 Å². The zero-order chi connectivity index (χ0) is 6.97. The molecule has 0 aromatic rings. The minimum atomic E-state index is 1.21. The van der Waals surface area contributed by atoms with Gasteiger partial charge in [-0.3, -0.25) is 4.99 Å². The van der Waals surface area contributed by atoms with Crippen LogP contribution in [0.4, 0.5) is 0 Å². The predicted molar refractivity (Wildman–Crippen MR) is 43.1 cm³/mol. The first-order chi connectivity index (χ1) is 4.88. The zero-order valence-electron chi connectivity index (χ0n) is 6.22. The summed E-state index contributed by atoms with van der Waals surface area (Å²) in [6.07, 6.45) is 7.97. The van der Waals surface area contributed by atoms with Crippen LogP contribution in [-0.2, 0) is 0 Å². The largest absolute Gasteiger partial charge is 0.257 e. The van der Waals surface area contributed by atoms with Crippen LogP contribution in [0.3, 0.4) is 0 Å². The van der Waals surface area contributed by atoms with Crippen LogP contribution >= 0.6 is 0 Å². The van der Waals surface area contributed by atoms with E-state index in [1.807, 2.05) is 6.21 Å².